The van der Waals surface area contributed by atoms with Crippen LogP contribution in [0.4, 0.5) is 4.39 Å². The molecule has 0 unspecified atom stereocenters. The van der Waals surface area contributed by atoms with E-state index in [-0.39, 0.29) is 5.02 Å². The van der Waals surface area contributed by atoms with Gasteiger partial charge in [-0.3, -0.25) is 4.79 Å². The number of aromatic nitrogens is 2. The Kier molecular flexibility index (Phi) is 4.46. The van der Waals surface area contributed by atoms with Gasteiger partial charge in [0.1, 0.15) is 5.82 Å². The van der Waals surface area contributed by atoms with Gasteiger partial charge >= 0.3 is 11.7 Å². The highest BCUT2D eigenvalue weighted by Gasteiger charge is 2.17. The van der Waals surface area contributed by atoms with Crippen molar-refractivity contribution in [2.45, 2.75) is 19.8 Å². The van der Waals surface area contributed by atoms with Crippen LogP contribution in [0.3, 0.4) is 0 Å². The summed E-state index contributed by atoms with van der Waals surface area (Å²) in [5.41, 5.74) is -2.02. The number of nitrogens with zero attached hydrogens (tertiary/aromatic N) is 1. The molecule has 0 saturated carbocycles. The molecule has 22 heavy (non-hydrogen) atoms. The average Bonchev–Trinajstić information content (AvgIpc) is 2.40. The number of benzene rings is 1. The number of carbonyl (C=O) groups is 1. The number of H-pyrrole nitrogens is 1. The second kappa shape index (κ2) is 6.15. The number of carboxylic acid groups (broad SMARTS) is 1. The first-order valence-electron chi connectivity index (χ1n) is 6.43. The molecule has 6 nitrogen and oxygen atoms in total. The molecule has 0 aliphatic rings. The van der Waals surface area contributed by atoms with Crippen molar-refractivity contribution in [1.29, 1.82) is 0 Å². The van der Waals surface area contributed by atoms with Crippen LogP contribution >= 0.6 is 11.6 Å². The number of nitrogens with one attached hydrogen (secondary N) is 1. The van der Waals surface area contributed by atoms with Crippen molar-refractivity contribution in [2.75, 3.05) is 0 Å². The minimum absolute atomic E-state index is 0.319. The minimum Gasteiger partial charge on any atom is -0.478 e. The summed E-state index contributed by atoms with van der Waals surface area (Å²) in [6.45, 7) is 1.88. The Balaban J connectivity index is 2.72. The van der Waals surface area contributed by atoms with Gasteiger partial charge in [0.25, 0.3) is 5.56 Å². The van der Waals surface area contributed by atoms with E-state index in [2.05, 4.69) is 4.98 Å². The monoisotopic (exact) mass is 326 g/mol. The third kappa shape index (κ3) is 2.94. The molecule has 8 heteroatoms. The fourth-order valence-corrected chi connectivity index (χ4v) is 2.28. The van der Waals surface area contributed by atoms with Gasteiger partial charge in [0.15, 0.2) is 0 Å². The molecule has 116 valence electrons. The molecule has 0 saturated heterocycles. The quantitative estimate of drug-likeness (QED) is 0.898. The molecule has 1 heterocycles. The van der Waals surface area contributed by atoms with Crippen LogP contribution in [-0.4, -0.2) is 20.6 Å². The summed E-state index contributed by atoms with van der Waals surface area (Å²) >= 11 is 5.64. The average molecular weight is 327 g/mol. The number of carboxylic acids is 1. The Hall–Kier alpha value is -2.41. The number of aromatic amines is 1. The molecule has 0 radical (unpaired) electrons. The Labute approximate surface area is 128 Å². The molecule has 0 aliphatic heterocycles. The zero-order valence-corrected chi connectivity index (χ0v) is 12.3. The Morgan fingerprint density at radius 3 is 2.59 bits per heavy atom. The van der Waals surface area contributed by atoms with Gasteiger partial charge in [0.2, 0.25) is 0 Å². The normalized spacial score (nSPS) is 10.7. The van der Waals surface area contributed by atoms with Crippen molar-refractivity contribution < 1.29 is 14.3 Å². The molecule has 0 spiro atoms. The number of rotatable bonds is 4. The van der Waals surface area contributed by atoms with E-state index >= 15 is 0 Å². The van der Waals surface area contributed by atoms with Gasteiger partial charge in [0.05, 0.1) is 16.3 Å². The third-order valence-corrected chi connectivity index (χ3v) is 3.33. The maximum absolute atomic E-state index is 14.0. The van der Waals surface area contributed by atoms with Crippen LogP contribution in [0.5, 0.6) is 0 Å². The zero-order chi connectivity index (χ0) is 16.4. The molecule has 2 N–H and O–H groups in total. The lowest BCUT2D eigenvalue weighted by molar-refractivity contribution is 0.0697. The summed E-state index contributed by atoms with van der Waals surface area (Å²) in [5, 5.41) is 8.68. The Morgan fingerprint density at radius 1 is 1.36 bits per heavy atom. The molecule has 1 aromatic carbocycles. The summed E-state index contributed by atoms with van der Waals surface area (Å²) in [7, 11) is 0. The Bertz CT molecular complexity index is 826. The van der Waals surface area contributed by atoms with Crippen molar-refractivity contribution in [3.05, 3.63) is 61.1 Å². The highest BCUT2D eigenvalue weighted by atomic mass is 35.5. The molecular formula is C14H12ClFN2O4. The fraction of sp³-hybridized carbons (Fsp3) is 0.214. The lowest BCUT2D eigenvalue weighted by atomic mass is 10.2. The van der Waals surface area contributed by atoms with E-state index in [9.17, 15) is 18.8 Å². The highest BCUT2D eigenvalue weighted by Crippen LogP contribution is 2.22. The van der Waals surface area contributed by atoms with Crippen LogP contribution < -0.4 is 11.2 Å². The summed E-state index contributed by atoms with van der Waals surface area (Å²) in [5.74, 6) is -2.36. The molecule has 2 aromatic rings. The van der Waals surface area contributed by atoms with Crippen molar-refractivity contribution in [2.24, 2.45) is 0 Å². The SMILES string of the molecule is CCCc1cc(=O)n(-c2cc(C(=O)O)c(Cl)cc2F)c(=O)[nH]1. The van der Waals surface area contributed by atoms with Crippen molar-refractivity contribution in [1.82, 2.24) is 9.55 Å². The van der Waals surface area contributed by atoms with E-state index in [1.165, 1.54) is 6.07 Å². The second-order valence-electron chi connectivity index (χ2n) is 4.61. The summed E-state index contributed by atoms with van der Waals surface area (Å²) in [6, 6.07) is 2.79. The van der Waals surface area contributed by atoms with Gasteiger partial charge < -0.3 is 10.1 Å². The predicted molar refractivity (Wildman–Crippen MR) is 78.6 cm³/mol. The van der Waals surface area contributed by atoms with Crippen molar-refractivity contribution in [3.63, 3.8) is 0 Å². The summed E-state index contributed by atoms with van der Waals surface area (Å²) in [4.78, 5) is 37.6. The van der Waals surface area contributed by atoms with E-state index < -0.39 is 34.3 Å². The van der Waals surface area contributed by atoms with Gasteiger partial charge in [0, 0.05) is 11.8 Å². The lowest BCUT2D eigenvalue weighted by Crippen LogP contribution is -2.34. The van der Waals surface area contributed by atoms with Crippen molar-refractivity contribution >= 4 is 17.6 Å². The van der Waals surface area contributed by atoms with Crippen molar-refractivity contribution in [3.8, 4) is 5.69 Å². The topological polar surface area (TPSA) is 92.2 Å². The molecule has 1 aromatic heterocycles. The van der Waals surface area contributed by atoms with Crippen LogP contribution in [0.2, 0.25) is 5.02 Å². The third-order valence-electron chi connectivity index (χ3n) is 3.02. The molecule has 0 bridgehead atoms. The van der Waals surface area contributed by atoms with Crippen LogP contribution in [0.25, 0.3) is 5.69 Å². The minimum atomic E-state index is -1.39. The number of halogens is 2. The summed E-state index contributed by atoms with van der Waals surface area (Å²) in [6.07, 6.45) is 1.21. The zero-order valence-electron chi connectivity index (χ0n) is 11.5. The van der Waals surface area contributed by atoms with Gasteiger partial charge in [-0.25, -0.2) is 18.5 Å². The number of aryl methyl sites for hydroxylation is 1. The molecule has 0 atom stereocenters. The molecule has 2 rings (SSSR count). The fourth-order valence-electron chi connectivity index (χ4n) is 2.05. The van der Waals surface area contributed by atoms with Crippen LogP contribution in [0.15, 0.2) is 27.8 Å². The van der Waals surface area contributed by atoms with Crippen LogP contribution in [0, 0.1) is 5.82 Å². The van der Waals surface area contributed by atoms with E-state index in [1.54, 1.807) is 0 Å². The van der Waals surface area contributed by atoms with Gasteiger partial charge in [-0.05, 0) is 18.6 Å². The first-order valence-corrected chi connectivity index (χ1v) is 6.81. The summed E-state index contributed by atoms with van der Waals surface area (Å²) < 4.78 is 14.5. The number of hydrogen-bond acceptors (Lipinski definition) is 3. The molecule has 0 fully saturated rings. The number of hydrogen-bond donors (Lipinski definition) is 2. The lowest BCUT2D eigenvalue weighted by Gasteiger charge is -2.09. The van der Waals surface area contributed by atoms with Gasteiger partial charge in [-0.2, -0.15) is 0 Å². The first-order chi connectivity index (χ1) is 10.3. The first kappa shape index (κ1) is 16.0. The highest BCUT2D eigenvalue weighted by molar-refractivity contribution is 6.33. The van der Waals surface area contributed by atoms with Crippen LogP contribution in [0.1, 0.15) is 29.4 Å². The standard InChI is InChI=1S/C14H12ClFN2O4/c1-2-3-7-4-12(19)18(14(22)17-7)11-5-8(13(20)21)9(15)6-10(11)16/h4-6H,2-3H2,1H3,(H,17,22)(H,20,21). The van der Waals surface area contributed by atoms with Crippen LogP contribution in [-0.2, 0) is 6.42 Å². The second-order valence-corrected chi connectivity index (χ2v) is 5.02. The van der Waals surface area contributed by atoms with Gasteiger partial charge in [-0.1, -0.05) is 24.9 Å². The molecule has 0 amide bonds. The largest absolute Gasteiger partial charge is 0.478 e. The predicted octanol–water partition coefficient (Wildman–Crippen LogP) is 1.97. The number of aromatic carboxylic acids is 1. The van der Waals surface area contributed by atoms with E-state index in [1.807, 2.05) is 6.92 Å². The Morgan fingerprint density at radius 2 is 2.05 bits per heavy atom. The smallest absolute Gasteiger partial charge is 0.337 e. The van der Waals surface area contributed by atoms with E-state index in [0.29, 0.717) is 16.7 Å². The van der Waals surface area contributed by atoms with E-state index in [0.717, 1.165) is 18.6 Å². The maximum atomic E-state index is 14.0. The maximum Gasteiger partial charge on any atom is 0.337 e. The molecular weight excluding hydrogens is 315 g/mol. The molecule has 0 aliphatic carbocycles. The van der Waals surface area contributed by atoms with Gasteiger partial charge in [-0.15, -0.1) is 0 Å². The van der Waals surface area contributed by atoms with E-state index in [4.69, 9.17) is 16.7 Å².